The first kappa shape index (κ1) is 37.8. The second kappa shape index (κ2) is 12.9. The topological polar surface area (TPSA) is 110 Å². The molecule has 280 valence electrons. The van der Waals surface area contributed by atoms with Gasteiger partial charge in [0.25, 0.3) is 5.91 Å². The number of hydrogen-bond donors (Lipinski definition) is 2. The summed E-state index contributed by atoms with van der Waals surface area (Å²) in [4.78, 5) is 51.8. The maximum atomic E-state index is 14.0. The van der Waals surface area contributed by atoms with E-state index >= 15 is 0 Å². The van der Waals surface area contributed by atoms with E-state index in [4.69, 9.17) is 4.74 Å². The van der Waals surface area contributed by atoms with Gasteiger partial charge in [-0.1, -0.05) is 72.2 Å². The summed E-state index contributed by atoms with van der Waals surface area (Å²) in [6.07, 6.45) is 9.25. The van der Waals surface area contributed by atoms with Gasteiger partial charge in [0, 0.05) is 29.4 Å². The van der Waals surface area contributed by atoms with Gasteiger partial charge in [-0.25, -0.2) is 0 Å². The summed E-state index contributed by atoms with van der Waals surface area (Å²) < 4.78 is 6.16. The van der Waals surface area contributed by atoms with E-state index in [0.717, 1.165) is 63.4 Å². The number of fused-ring (bicyclic) bond motifs is 7. The quantitative estimate of drug-likeness (QED) is 0.249. The molecule has 7 heteroatoms. The van der Waals surface area contributed by atoms with Crippen LogP contribution in [-0.2, 0) is 19.1 Å². The van der Waals surface area contributed by atoms with Crippen molar-refractivity contribution in [1.29, 1.82) is 0 Å². The Morgan fingerprint density at radius 1 is 0.902 bits per heavy atom. The maximum Gasteiger partial charge on any atom is 0.309 e. The number of nitrogens with one attached hydrogen (secondary N) is 1. The van der Waals surface area contributed by atoms with Crippen LogP contribution in [0, 0.1) is 56.2 Å². The molecule has 6 rings (SSSR count). The normalized spacial score (nSPS) is 37.2. The van der Waals surface area contributed by atoms with Gasteiger partial charge in [-0.05, 0) is 129 Å². The van der Waals surface area contributed by atoms with Crippen LogP contribution in [0.3, 0.4) is 0 Å². The zero-order valence-corrected chi connectivity index (χ0v) is 32.7. The second-order valence-electron chi connectivity index (χ2n) is 19.6. The van der Waals surface area contributed by atoms with Crippen molar-refractivity contribution in [1.82, 2.24) is 5.32 Å². The highest BCUT2D eigenvalue weighted by atomic mass is 16.5. The Balaban J connectivity index is 1.25. The number of allylic oxidation sites excluding steroid dienone is 2. The van der Waals surface area contributed by atoms with Gasteiger partial charge >= 0.3 is 11.9 Å². The lowest BCUT2D eigenvalue weighted by Gasteiger charge is -2.72. The summed E-state index contributed by atoms with van der Waals surface area (Å²) in [7, 11) is 0. The average molecular weight is 702 g/mol. The van der Waals surface area contributed by atoms with Crippen molar-refractivity contribution in [3.63, 3.8) is 0 Å². The largest absolute Gasteiger partial charge is 0.481 e. The van der Waals surface area contributed by atoms with Gasteiger partial charge in [-0.3, -0.25) is 19.2 Å². The Kier molecular flexibility index (Phi) is 9.53. The molecule has 51 heavy (non-hydrogen) atoms. The summed E-state index contributed by atoms with van der Waals surface area (Å²) in [6, 6.07) is 9.39. The first-order valence-electron chi connectivity index (χ1n) is 19.8. The molecule has 0 aliphatic heterocycles. The van der Waals surface area contributed by atoms with Crippen molar-refractivity contribution in [2.75, 3.05) is 6.54 Å². The molecule has 5 aliphatic carbocycles. The van der Waals surface area contributed by atoms with Crippen LogP contribution < -0.4 is 5.32 Å². The first-order valence-corrected chi connectivity index (χ1v) is 19.8. The van der Waals surface area contributed by atoms with Crippen molar-refractivity contribution in [3.05, 3.63) is 47.0 Å². The van der Waals surface area contributed by atoms with E-state index in [1.54, 1.807) is 13.8 Å². The number of ether oxygens (including phenoxy) is 1. The number of esters is 1. The van der Waals surface area contributed by atoms with E-state index in [-0.39, 0.29) is 51.4 Å². The van der Waals surface area contributed by atoms with Crippen LogP contribution in [-0.4, -0.2) is 41.4 Å². The molecule has 1 aromatic carbocycles. The molecule has 0 spiro atoms. The SMILES string of the molecule is CC(C)C1=C2[C@H]3CC[C@@H]4[C@@]5(C)CC[C@H](OC(=O)CC(C)(C)C(=O)O)C(C)(C)[C@@H]5CC[C@@]4(C)[C@]3(C)CC[C@@]2(CCNC(=O)c2ccccc2)CC1=O. The number of aliphatic carboxylic acids is 1. The number of rotatable bonds is 9. The monoisotopic (exact) mass is 701 g/mol. The van der Waals surface area contributed by atoms with E-state index in [2.05, 4.69) is 53.8 Å². The zero-order chi connectivity index (χ0) is 37.4. The minimum atomic E-state index is -1.16. The third-order valence-corrected chi connectivity index (χ3v) is 15.9. The fourth-order valence-electron chi connectivity index (χ4n) is 13.0. The molecule has 4 saturated carbocycles. The van der Waals surface area contributed by atoms with Crippen molar-refractivity contribution in [2.45, 2.75) is 139 Å². The Morgan fingerprint density at radius 2 is 1.59 bits per heavy atom. The molecule has 2 N–H and O–H groups in total. The van der Waals surface area contributed by atoms with E-state index in [0.29, 0.717) is 42.1 Å². The molecule has 5 aliphatic rings. The maximum absolute atomic E-state index is 14.0. The van der Waals surface area contributed by atoms with Gasteiger partial charge in [0.05, 0.1) is 11.8 Å². The molecule has 0 heterocycles. The molecule has 0 unspecified atom stereocenters. The molecule has 0 aromatic heterocycles. The van der Waals surface area contributed by atoms with Gasteiger partial charge in [0.2, 0.25) is 0 Å². The highest BCUT2D eigenvalue weighted by Gasteiger charge is 2.70. The standard InChI is InChI=1S/C44H63NO6/c1-27(2)35-30(46)25-44(23-24-45-37(48)28-13-11-10-12-14-28)22-21-42(8)29(36(35)44)15-16-32-41(7)19-18-33(51-34(47)26-39(3,4)38(49)50)40(5,6)31(41)17-20-43(32,42)9/h10-14,27,29,31-33H,15-26H2,1-9H3,(H,45,48)(H,49,50)/t29-,31+,32-,33+,41+,42-,43-,44-/m1/s1. The second-order valence-corrected chi connectivity index (χ2v) is 19.6. The number of Topliss-reactive ketones (excluding diaryl/α,β-unsaturated/α-hetero) is 1. The molecule has 0 saturated heterocycles. The molecule has 0 bridgehead atoms. The summed E-state index contributed by atoms with van der Waals surface area (Å²) in [5.41, 5.74) is 1.85. The van der Waals surface area contributed by atoms with E-state index < -0.39 is 17.4 Å². The average Bonchev–Trinajstić information content (AvgIpc) is 3.35. The number of benzene rings is 1. The Labute approximate surface area is 306 Å². The smallest absolute Gasteiger partial charge is 0.309 e. The molecular formula is C44H63NO6. The Morgan fingerprint density at radius 3 is 2.24 bits per heavy atom. The lowest BCUT2D eigenvalue weighted by atomic mass is 9.33. The molecule has 1 amide bonds. The zero-order valence-electron chi connectivity index (χ0n) is 32.7. The highest BCUT2D eigenvalue weighted by Crippen LogP contribution is 2.77. The number of carbonyl (C=O) groups excluding carboxylic acids is 3. The Hall–Kier alpha value is -2.96. The van der Waals surface area contributed by atoms with Crippen LogP contribution >= 0.6 is 0 Å². The third-order valence-electron chi connectivity index (χ3n) is 15.9. The minimum Gasteiger partial charge on any atom is -0.481 e. The first-order chi connectivity index (χ1) is 23.7. The number of carboxylic acids is 1. The van der Waals surface area contributed by atoms with Crippen LogP contribution in [0.4, 0.5) is 0 Å². The molecule has 7 nitrogen and oxygen atoms in total. The fraction of sp³-hybridized carbons (Fsp3) is 0.727. The van der Waals surface area contributed by atoms with Crippen molar-refractivity contribution >= 4 is 23.6 Å². The van der Waals surface area contributed by atoms with E-state index in [1.807, 2.05) is 30.3 Å². The predicted octanol–water partition coefficient (Wildman–Crippen LogP) is 9.20. The summed E-state index contributed by atoms with van der Waals surface area (Å²) in [6.45, 7) is 20.3. The summed E-state index contributed by atoms with van der Waals surface area (Å²) in [5, 5.41) is 12.8. The van der Waals surface area contributed by atoms with E-state index in [1.165, 1.54) is 5.57 Å². The minimum absolute atomic E-state index is 0.0522. The Bertz CT molecular complexity index is 1610. The van der Waals surface area contributed by atoms with Crippen LogP contribution in [0.15, 0.2) is 41.5 Å². The molecule has 8 atom stereocenters. The third kappa shape index (κ3) is 5.91. The van der Waals surface area contributed by atoms with Gasteiger partial charge in [-0.2, -0.15) is 0 Å². The van der Waals surface area contributed by atoms with Crippen LogP contribution in [0.5, 0.6) is 0 Å². The summed E-state index contributed by atoms with van der Waals surface area (Å²) >= 11 is 0. The number of hydrogen-bond acceptors (Lipinski definition) is 5. The van der Waals surface area contributed by atoms with Crippen molar-refractivity contribution in [3.8, 4) is 0 Å². The lowest BCUT2D eigenvalue weighted by Crippen LogP contribution is -2.65. The van der Waals surface area contributed by atoms with Crippen LogP contribution in [0.2, 0.25) is 0 Å². The van der Waals surface area contributed by atoms with Gasteiger partial charge in [-0.15, -0.1) is 0 Å². The van der Waals surface area contributed by atoms with Crippen LogP contribution in [0.1, 0.15) is 143 Å². The van der Waals surface area contributed by atoms with Crippen LogP contribution in [0.25, 0.3) is 0 Å². The van der Waals surface area contributed by atoms with Gasteiger partial charge in [0.1, 0.15) is 6.10 Å². The number of ketones is 1. The highest BCUT2D eigenvalue weighted by molar-refractivity contribution is 6.00. The number of carbonyl (C=O) groups is 4. The number of carboxylic acid groups (broad SMARTS) is 1. The van der Waals surface area contributed by atoms with E-state index in [9.17, 15) is 24.3 Å². The van der Waals surface area contributed by atoms with Gasteiger partial charge in [0.15, 0.2) is 5.78 Å². The van der Waals surface area contributed by atoms with Gasteiger partial charge < -0.3 is 15.2 Å². The summed E-state index contributed by atoms with van der Waals surface area (Å²) in [5.74, 6) is 0.297. The molecule has 0 radical (unpaired) electrons. The molecule has 1 aromatic rings. The fourth-order valence-corrected chi connectivity index (χ4v) is 13.0. The number of amides is 1. The predicted molar refractivity (Wildman–Crippen MR) is 199 cm³/mol. The van der Waals surface area contributed by atoms with Crippen molar-refractivity contribution in [2.24, 2.45) is 56.2 Å². The lowest BCUT2D eigenvalue weighted by molar-refractivity contribution is -0.233. The van der Waals surface area contributed by atoms with Crippen molar-refractivity contribution < 1.29 is 29.0 Å². The molecular weight excluding hydrogens is 638 g/mol. The molecule has 4 fully saturated rings.